The molecule has 0 bridgehead atoms. The molecule has 4 heterocycles. The van der Waals surface area contributed by atoms with Crippen LogP contribution in [0, 0.1) is 6.92 Å². The Kier molecular flexibility index (Phi) is 4.33. The Morgan fingerprint density at radius 2 is 2.00 bits per heavy atom. The molecule has 2 N–H and O–H groups in total. The number of fused-ring (bicyclic) bond motifs is 2. The first-order chi connectivity index (χ1) is 15.0. The van der Waals surface area contributed by atoms with Crippen LogP contribution in [0.2, 0.25) is 5.02 Å². The fraction of sp³-hybridized carbons (Fsp3) is 0.0952. The number of benzene rings is 1. The van der Waals surface area contributed by atoms with Gasteiger partial charge in [0.15, 0.2) is 5.82 Å². The van der Waals surface area contributed by atoms with Crippen molar-refractivity contribution in [3.63, 3.8) is 0 Å². The molecule has 0 saturated carbocycles. The molecule has 0 aliphatic rings. The van der Waals surface area contributed by atoms with Crippen molar-refractivity contribution in [2.75, 3.05) is 12.8 Å². The number of aryl methyl sites for hydroxylation is 1. The van der Waals surface area contributed by atoms with Crippen molar-refractivity contribution in [2.24, 2.45) is 0 Å². The molecular weight excluding hydrogens is 420 g/mol. The van der Waals surface area contributed by atoms with E-state index >= 15 is 0 Å². The van der Waals surface area contributed by atoms with Gasteiger partial charge in [-0.05, 0) is 36.8 Å². The van der Waals surface area contributed by atoms with Crippen LogP contribution in [-0.4, -0.2) is 31.8 Å². The van der Waals surface area contributed by atoms with Gasteiger partial charge in [-0.1, -0.05) is 11.6 Å². The zero-order chi connectivity index (χ0) is 21.7. The van der Waals surface area contributed by atoms with Crippen LogP contribution in [0.5, 0.6) is 5.88 Å². The van der Waals surface area contributed by atoms with E-state index in [0.717, 1.165) is 10.9 Å². The summed E-state index contributed by atoms with van der Waals surface area (Å²) in [4.78, 5) is 26.2. The number of rotatable bonds is 3. The van der Waals surface area contributed by atoms with Crippen LogP contribution >= 0.6 is 11.6 Å². The second kappa shape index (κ2) is 7.06. The van der Waals surface area contributed by atoms with Gasteiger partial charge < -0.3 is 14.9 Å². The summed E-state index contributed by atoms with van der Waals surface area (Å²) in [5.41, 5.74) is 7.59. The topological polar surface area (TPSA) is 122 Å². The second-order valence-corrected chi connectivity index (χ2v) is 7.21. The highest BCUT2D eigenvalue weighted by atomic mass is 35.5. The second-order valence-electron chi connectivity index (χ2n) is 6.80. The Bertz CT molecular complexity index is 1540. The predicted molar refractivity (Wildman–Crippen MR) is 117 cm³/mol. The SMILES string of the molecule is COc1ccc2c(C)c3nc(-c4cc(N)nn4-c4ncccc4Cl)oc(=O)c3cc2n1. The van der Waals surface area contributed by atoms with Crippen LogP contribution in [0.25, 0.3) is 39.2 Å². The van der Waals surface area contributed by atoms with E-state index in [4.69, 9.17) is 26.5 Å². The molecule has 0 fully saturated rings. The van der Waals surface area contributed by atoms with Crippen molar-refractivity contribution in [3.8, 4) is 23.3 Å². The predicted octanol–water partition coefficient (Wildman–Crippen LogP) is 3.54. The number of nitrogens with two attached hydrogens (primary N) is 1. The number of methoxy groups -OCH3 is 1. The molecule has 0 spiro atoms. The quantitative estimate of drug-likeness (QED) is 0.428. The molecule has 0 radical (unpaired) electrons. The van der Waals surface area contributed by atoms with E-state index < -0.39 is 5.63 Å². The van der Waals surface area contributed by atoms with Crippen molar-refractivity contribution < 1.29 is 9.15 Å². The summed E-state index contributed by atoms with van der Waals surface area (Å²) in [7, 11) is 1.53. The van der Waals surface area contributed by atoms with Gasteiger partial charge in [0.25, 0.3) is 0 Å². The molecule has 0 unspecified atom stereocenters. The smallest absolute Gasteiger partial charge is 0.347 e. The van der Waals surface area contributed by atoms with Gasteiger partial charge >= 0.3 is 5.63 Å². The average Bonchev–Trinajstić information content (AvgIpc) is 3.16. The maximum Gasteiger partial charge on any atom is 0.347 e. The first-order valence-electron chi connectivity index (χ1n) is 9.22. The van der Waals surface area contributed by atoms with Crippen LogP contribution < -0.4 is 16.1 Å². The number of nitrogen functional groups attached to an aromatic ring is 1. The lowest BCUT2D eigenvalue weighted by atomic mass is 10.1. The summed E-state index contributed by atoms with van der Waals surface area (Å²) in [6.45, 7) is 1.87. The van der Waals surface area contributed by atoms with E-state index in [9.17, 15) is 4.79 Å². The molecule has 5 aromatic rings. The van der Waals surface area contributed by atoms with Gasteiger partial charge in [-0.25, -0.2) is 24.4 Å². The van der Waals surface area contributed by atoms with Gasteiger partial charge in [0, 0.05) is 23.7 Å². The Morgan fingerprint density at radius 1 is 1.16 bits per heavy atom. The molecule has 0 atom stereocenters. The van der Waals surface area contributed by atoms with E-state index in [1.54, 1.807) is 36.5 Å². The van der Waals surface area contributed by atoms with Gasteiger partial charge in [-0.15, -0.1) is 5.10 Å². The summed E-state index contributed by atoms with van der Waals surface area (Å²) in [5.74, 6) is 1.04. The number of nitrogens with zero attached hydrogens (tertiary/aromatic N) is 5. The first-order valence-corrected chi connectivity index (χ1v) is 9.60. The fourth-order valence-electron chi connectivity index (χ4n) is 3.45. The normalized spacial score (nSPS) is 11.3. The van der Waals surface area contributed by atoms with Gasteiger partial charge in [0.05, 0.1) is 28.6 Å². The lowest BCUT2D eigenvalue weighted by molar-refractivity contribution is 0.399. The largest absolute Gasteiger partial charge is 0.481 e. The number of hydrogen-bond donors (Lipinski definition) is 1. The van der Waals surface area contributed by atoms with Crippen LogP contribution in [0.15, 0.2) is 51.8 Å². The van der Waals surface area contributed by atoms with Crippen molar-refractivity contribution >= 4 is 39.2 Å². The molecular formula is C21H15ClN6O3. The molecule has 4 aromatic heterocycles. The molecule has 0 saturated heterocycles. The number of aromatic nitrogens is 5. The van der Waals surface area contributed by atoms with E-state index in [2.05, 4.69) is 20.1 Å². The van der Waals surface area contributed by atoms with Crippen LogP contribution in [0.4, 0.5) is 5.82 Å². The molecule has 31 heavy (non-hydrogen) atoms. The third-order valence-corrected chi connectivity index (χ3v) is 5.21. The molecule has 5 rings (SSSR count). The fourth-order valence-corrected chi connectivity index (χ4v) is 3.66. The Morgan fingerprint density at radius 3 is 2.77 bits per heavy atom. The minimum Gasteiger partial charge on any atom is -0.481 e. The van der Waals surface area contributed by atoms with E-state index in [1.807, 2.05) is 13.0 Å². The van der Waals surface area contributed by atoms with Crippen molar-refractivity contribution in [1.82, 2.24) is 24.7 Å². The maximum absolute atomic E-state index is 12.9. The zero-order valence-electron chi connectivity index (χ0n) is 16.5. The third kappa shape index (κ3) is 3.06. The van der Waals surface area contributed by atoms with Crippen molar-refractivity contribution in [3.05, 3.63) is 63.6 Å². The van der Waals surface area contributed by atoms with Crippen molar-refractivity contribution in [1.29, 1.82) is 0 Å². The van der Waals surface area contributed by atoms with Crippen molar-refractivity contribution in [2.45, 2.75) is 6.92 Å². The molecule has 1 aromatic carbocycles. The third-order valence-electron chi connectivity index (χ3n) is 4.91. The Balaban J connectivity index is 1.78. The van der Waals surface area contributed by atoms with E-state index in [-0.39, 0.29) is 11.7 Å². The number of hydrogen-bond acceptors (Lipinski definition) is 8. The standard InChI is InChI=1S/C21H15ClN6O3/c1-10-11-5-6-17(30-2)25-14(11)8-12-18(10)26-20(31-21(12)29)15-9-16(23)27-28(15)19-13(22)4-3-7-24-19/h3-9H,1-2H3,(H2,23,27). The summed E-state index contributed by atoms with van der Waals surface area (Å²) < 4.78 is 12.1. The highest BCUT2D eigenvalue weighted by Gasteiger charge is 2.20. The Labute approximate surface area is 180 Å². The van der Waals surface area contributed by atoms with Gasteiger partial charge in [-0.3, -0.25) is 0 Å². The van der Waals surface area contributed by atoms with Crippen LogP contribution in [0.1, 0.15) is 5.56 Å². The molecule has 10 heteroatoms. The minimum absolute atomic E-state index is 0.0485. The van der Waals surface area contributed by atoms with E-state index in [0.29, 0.717) is 38.8 Å². The number of halogens is 1. The molecule has 9 nitrogen and oxygen atoms in total. The summed E-state index contributed by atoms with van der Waals surface area (Å²) in [6, 6.07) is 10.2. The Hall–Kier alpha value is -3.98. The highest BCUT2D eigenvalue weighted by molar-refractivity contribution is 6.32. The molecule has 0 aliphatic heterocycles. The lowest BCUT2D eigenvalue weighted by Crippen LogP contribution is -2.08. The number of anilines is 1. The van der Waals surface area contributed by atoms with Crippen LogP contribution in [0.3, 0.4) is 0 Å². The van der Waals surface area contributed by atoms with E-state index in [1.165, 1.54) is 11.8 Å². The number of ether oxygens (including phenoxy) is 1. The summed E-state index contributed by atoms with van der Waals surface area (Å²) in [5, 5.41) is 5.75. The summed E-state index contributed by atoms with van der Waals surface area (Å²) in [6.07, 6.45) is 1.57. The molecule has 0 aliphatic carbocycles. The van der Waals surface area contributed by atoms with Gasteiger partial charge in [0.1, 0.15) is 11.5 Å². The summed E-state index contributed by atoms with van der Waals surface area (Å²) >= 11 is 6.27. The lowest BCUT2D eigenvalue weighted by Gasteiger charge is -2.09. The average molecular weight is 435 g/mol. The monoisotopic (exact) mass is 434 g/mol. The van der Waals surface area contributed by atoms with Crippen LogP contribution in [-0.2, 0) is 0 Å². The maximum atomic E-state index is 12.9. The zero-order valence-corrected chi connectivity index (χ0v) is 17.2. The first kappa shape index (κ1) is 19.0. The molecule has 0 amide bonds. The molecule has 154 valence electrons. The van der Waals surface area contributed by atoms with Gasteiger partial charge in [0.2, 0.25) is 11.8 Å². The highest BCUT2D eigenvalue weighted by Crippen LogP contribution is 2.30. The number of pyridine rings is 2. The van der Waals surface area contributed by atoms with Gasteiger partial charge in [-0.2, -0.15) is 0 Å². The minimum atomic E-state index is -0.562.